The minimum Gasteiger partial charge on any atom is -0.354 e. The topological polar surface area (TPSA) is 63.1 Å². The van der Waals surface area contributed by atoms with E-state index in [0.717, 1.165) is 31.2 Å². The summed E-state index contributed by atoms with van der Waals surface area (Å²) in [4.78, 5) is 14.7. The largest absolute Gasteiger partial charge is 0.354 e. The molecule has 1 atom stereocenters. The molecule has 2 aromatic rings. The van der Waals surface area contributed by atoms with Crippen LogP contribution < -0.4 is 5.32 Å². The van der Waals surface area contributed by atoms with Crippen LogP contribution in [-0.2, 0) is 24.3 Å². The first-order valence-electron chi connectivity index (χ1n) is 9.20. The van der Waals surface area contributed by atoms with Crippen LogP contribution in [0.2, 0.25) is 0 Å². The fourth-order valence-corrected chi connectivity index (χ4v) is 3.46. The summed E-state index contributed by atoms with van der Waals surface area (Å²) in [6, 6.07) is 10.1. The lowest BCUT2D eigenvalue weighted by atomic mass is 10.1. The zero-order valence-corrected chi connectivity index (χ0v) is 14.7. The van der Waals surface area contributed by atoms with Crippen molar-refractivity contribution in [1.29, 1.82) is 0 Å². The summed E-state index contributed by atoms with van der Waals surface area (Å²) in [6.45, 7) is 5.11. The summed E-state index contributed by atoms with van der Waals surface area (Å²) in [6.07, 6.45) is 3.34. The number of carbonyl (C=O) groups is 1. The van der Waals surface area contributed by atoms with Crippen molar-refractivity contribution in [3.05, 3.63) is 47.5 Å². The van der Waals surface area contributed by atoms with Gasteiger partial charge in [-0.1, -0.05) is 30.3 Å². The van der Waals surface area contributed by atoms with E-state index in [-0.39, 0.29) is 11.9 Å². The van der Waals surface area contributed by atoms with E-state index < -0.39 is 0 Å². The first kappa shape index (κ1) is 16.3. The van der Waals surface area contributed by atoms with Crippen molar-refractivity contribution in [3.63, 3.8) is 0 Å². The van der Waals surface area contributed by atoms with Crippen molar-refractivity contribution in [3.8, 4) is 0 Å². The Morgan fingerprint density at radius 2 is 2.04 bits per heavy atom. The molecule has 1 amide bonds. The Kier molecular flexibility index (Phi) is 4.53. The van der Waals surface area contributed by atoms with Crippen LogP contribution in [0, 0.1) is 0 Å². The highest BCUT2D eigenvalue weighted by Gasteiger charge is 2.33. The van der Waals surface area contributed by atoms with Gasteiger partial charge in [-0.2, -0.15) is 0 Å². The van der Waals surface area contributed by atoms with Crippen LogP contribution in [0.1, 0.15) is 42.9 Å². The van der Waals surface area contributed by atoms with Crippen LogP contribution >= 0.6 is 0 Å². The third kappa shape index (κ3) is 3.58. The first-order chi connectivity index (χ1) is 12.2. The molecule has 1 aliphatic heterocycles. The minimum atomic E-state index is -0.148. The Balaban J connectivity index is 1.30. The average molecular weight is 339 g/mol. The molecule has 1 aromatic heterocycles. The van der Waals surface area contributed by atoms with Crippen molar-refractivity contribution in [2.24, 2.45) is 0 Å². The van der Waals surface area contributed by atoms with Crippen molar-refractivity contribution < 1.29 is 4.79 Å². The minimum absolute atomic E-state index is 0.0892. The molecular formula is C19H25N5O. The van der Waals surface area contributed by atoms with E-state index >= 15 is 0 Å². The number of benzene rings is 1. The number of aromatic nitrogens is 3. The molecule has 6 heteroatoms. The number of hydrogen-bond donors (Lipinski definition) is 1. The van der Waals surface area contributed by atoms with E-state index in [9.17, 15) is 4.79 Å². The molecule has 0 spiro atoms. The number of nitrogens with one attached hydrogen (secondary N) is 1. The number of hydrogen-bond acceptors (Lipinski definition) is 4. The first-order valence-corrected chi connectivity index (χ1v) is 9.20. The van der Waals surface area contributed by atoms with Gasteiger partial charge in [-0.15, -0.1) is 10.2 Å². The fourth-order valence-electron chi connectivity index (χ4n) is 3.46. The van der Waals surface area contributed by atoms with Gasteiger partial charge in [0.1, 0.15) is 11.6 Å². The third-order valence-corrected chi connectivity index (χ3v) is 5.24. The quantitative estimate of drug-likeness (QED) is 0.870. The fraction of sp³-hybridized carbons (Fsp3) is 0.526. The lowest BCUT2D eigenvalue weighted by molar-refractivity contribution is -0.126. The van der Waals surface area contributed by atoms with Gasteiger partial charge in [0.05, 0.1) is 12.6 Å². The summed E-state index contributed by atoms with van der Waals surface area (Å²) >= 11 is 0. The SMILES string of the molecule is C[C@@H](C(=O)NCCc1ccccc1)N1CCn2c(nnc2C2CC2)C1. The Labute approximate surface area is 148 Å². The van der Waals surface area contributed by atoms with E-state index in [0.29, 0.717) is 19.0 Å². The maximum Gasteiger partial charge on any atom is 0.237 e. The Hall–Kier alpha value is -2.21. The molecular weight excluding hydrogens is 314 g/mol. The van der Waals surface area contributed by atoms with Crippen molar-refractivity contribution in [2.75, 3.05) is 13.1 Å². The number of amides is 1. The lowest BCUT2D eigenvalue weighted by Crippen LogP contribution is -2.48. The monoisotopic (exact) mass is 339 g/mol. The van der Waals surface area contributed by atoms with Gasteiger partial charge >= 0.3 is 0 Å². The van der Waals surface area contributed by atoms with E-state index in [1.54, 1.807) is 0 Å². The Morgan fingerprint density at radius 3 is 2.80 bits per heavy atom. The van der Waals surface area contributed by atoms with Gasteiger partial charge in [0.15, 0.2) is 0 Å². The van der Waals surface area contributed by atoms with Gasteiger partial charge in [0.25, 0.3) is 0 Å². The van der Waals surface area contributed by atoms with Crippen LogP contribution in [0.5, 0.6) is 0 Å². The highest BCUT2D eigenvalue weighted by Crippen LogP contribution is 2.39. The predicted octanol–water partition coefficient (Wildman–Crippen LogP) is 1.72. The van der Waals surface area contributed by atoms with Crippen molar-refractivity contribution in [1.82, 2.24) is 25.0 Å². The van der Waals surface area contributed by atoms with Gasteiger partial charge in [-0.25, -0.2) is 0 Å². The highest BCUT2D eigenvalue weighted by molar-refractivity contribution is 5.81. The molecule has 2 heterocycles. The third-order valence-electron chi connectivity index (χ3n) is 5.24. The number of carbonyl (C=O) groups excluding carboxylic acids is 1. The second-order valence-electron chi connectivity index (χ2n) is 7.07. The Bertz CT molecular complexity index is 738. The van der Waals surface area contributed by atoms with Gasteiger partial charge in [0, 0.05) is 25.6 Å². The Morgan fingerprint density at radius 1 is 1.24 bits per heavy atom. The lowest BCUT2D eigenvalue weighted by Gasteiger charge is -2.32. The van der Waals surface area contributed by atoms with E-state index in [1.165, 1.54) is 18.4 Å². The van der Waals surface area contributed by atoms with Crippen molar-refractivity contribution in [2.45, 2.75) is 51.2 Å². The number of fused-ring (bicyclic) bond motifs is 1. The zero-order chi connectivity index (χ0) is 17.2. The second-order valence-corrected chi connectivity index (χ2v) is 7.07. The molecule has 2 aliphatic rings. The van der Waals surface area contributed by atoms with Gasteiger partial charge in [0.2, 0.25) is 5.91 Å². The molecule has 1 saturated carbocycles. The summed E-state index contributed by atoms with van der Waals surface area (Å²) in [5.74, 6) is 2.85. The molecule has 1 aromatic carbocycles. The molecule has 132 valence electrons. The molecule has 0 saturated heterocycles. The molecule has 0 bridgehead atoms. The standard InChI is InChI=1S/C19H25N5O/c1-14(19(25)20-10-9-15-5-3-2-4-6-15)23-11-12-24-17(13-23)21-22-18(24)16-7-8-16/h2-6,14,16H,7-13H2,1H3,(H,20,25)/t14-/m0/s1. The summed E-state index contributed by atoms with van der Waals surface area (Å²) in [5.41, 5.74) is 1.24. The average Bonchev–Trinajstić information content (AvgIpc) is 3.40. The van der Waals surface area contributed by atoms with Crippen LogP contribution in [0.15, 0.2) is 30.3 Å². The number of nitrogens with zero attached hydrogens (tertiary/aromatic N) is 4. The van der Waals surface area contributed by atoms with Crippen LogP contribution in [-0.4, -0.2) is 44.7 Å². The van der Waals surface area contributed by atoms with E-state index in [2.05, 4.69) is 37.1 Å². The summed E-state index contributed by atoms with van der Waals surface area (Å²) in [5, 5.41) is 11.8. The summed E-state index contributed by atoms with van der Waals surface area (Å²) in [7, 11) is 0. The molecule has 1 fully saturated rings. The molecule has 6 nitrogen and oxygen atoms in total. The van der Waals surface area contributed by atoms with Crippen molar-refractivity contribution >= 4 is 5.91 Å². The predicted molar refractivity (Wildman–Crippen MR) is 95.0 cm³/mol. The normalized spacial score (nSPS) is 18.6. The van der Waals surface area contributed by atoms with Gasteiger partial charge in [-0.05, 0) is 31.7 Å². The molecule has 0 unspecified atom stereocenters. The van der Waals surface area contributed by atoms with Crippen LogP contribution in [0.4, 0.5) is 0 Å². The molecule has 25 heavy (non-hydrogen) atoms. The summed E-state index contributed by atoms with van der Waals surface area (Å²) < 4.78 is 2.26. The highest BCUT2D eigenvalue weighted by atomic mass is 16.2. The maximum atomic E-state index is 12.5. The molecule has 1 N–H and O–H groups in total. The van der Waals surface area contributed by atoms with Crippen LogP contribution in [0.25, 0.3) is 0 Å². The maximum absolute atomic E-state index is 12.5. The second kappa shape index (κ2) is 6.96. The molecule has 1 aliphatic carbocycles. The number of rotatable bonds is 6. The molecule has 4 rings (SSSR count). The zero-order valence-electron chi connectivity index (χ0n) is 14.7. The van der Waals surface area contributed by atoms with Gasteiger partial charge < -0.3 is 9.88 Å². The smallest absolute Gasteiger partial charge is 0.237 e. The van der Waals surface area contributed by atoms with E-state index in [1.807, 2.05) is 25.1 Å². The molecule has 0 radical (unpaired) electrons. The van der Waals surface area contributed by atoms with Gasteiger partial charge in [-0.3, -0.25) is 9.69 Å². The van der Waals surface area contributed by atoms with Crippen LogP contribution in [0.3, 0.4) is 0 Å². The van der Waals surface area contributed by atoms with E-state index in [4.69, 9.17) is 0 Å².